The highest BCUT2D eigenvalue weighted by Gasteiger charge is 2.48. The summed E-state index contributed by atoms with van der Waals surface area (Å²) in [6.07, 6.45) is 13.8. The molecule has 19 heavy (non-hydrogen) atoms. The van der Waals surface area contributed by atoms with Crippen molar-refractivity contribution in [3.05, 3.63) is 12.2 Å². The molecule has 0 saturated carbocycles. The van der Waals surface area contributed by atoms with Crippen molar-refractivity contribution in [2.75, 3.05) is 0 Å². The van der Waals surface area contributed by atoms with E-state index in [9.17, 15) is 0 Å². The predicted octanol–water partition coefficient (Wildman–Crippen LogP) is 3.82. The first-order chi connectivity index (χ1) is 9.15. The van der Waals surface area contributed by atoms with Gasteiger partial charge in [-0.15, -0.1) is 6.42 Å². The monoisotopic (exact) mass is 390 g/mol. The molecule has 2 nitrogen and oxygen atoms in total. The van der Waals surface area contributed by atoms with E-state index in [0.717, 1.165) is 25.7 Å². The summed E-state index contributed by atoms with van der Waals surface area (Å²) in [6.45, 7) is 2.18. The maximum Gasteiger partial charge on any atom is 0.0877 e. The summed E-state index contributed by atoms with van der Waals surface area (Å²) in [5.41, 5.74) is 0. The largest absolute Gasteiger partial charge is 0.369 e. The number of hydrogen-bond acceptors (Lipinski definition) is 2. The van der Waals surface area contributed by atoms with E-state index >= 15 is 0 Å². The van der Waals surface area contributed by atoms with Gasteiger partial charge in [0.05, 0.1) is 24.4 Å². The zero-order valence-corrected chi connectivity index (χ0v) is 14.3. The molecule has 6 atom stereocenters. The molecule has 2 unspecified atom stereocenters. The van der Waals surface area contributed by atoms with Crippen LogP contribution in [0.4, 0.5) is 0 Å². The van der Waals surface area contributed by atoms with Crippen LogP contribution >= 0.6 is 31.9 Å². The molecule has 2 aliphatic heterocycles. The highest BCUT2D eigenvalue weighted by Crippen LogP contribution is 2.39. The van der Waals surface area contributed by atoms with Gasteiger partial charge in [0.1, 0.15) is 0 Å². The minimum atomic E-state index is 0.186. The molecule has 0 aromatic heterocycles. The molecule has 2 bridgehead atoms. The van der Waals surface area contributed by atoms with E-state index in [1.165, 1.54) is 0 Å². The molecule has 2 fully saturated rings. The van der Waals surface area contributed by atoms with Gasteiger partial charge in [-0.05, 0) is 25.3 Å². The molecule has 0 aromatic rings. The Morgan fingerprint density at radius 3 is 2.53 bits per heavy atom. The van der Waals surface area contributed by atoms with Crippen LogP contribution < -0.4 is 0 Å². The molecular weight excluding hydrogens is 372 g/mol. The average Bonchev–Trinajstić information content (AvgIpc) is 2.97. The second kappa shape index (κ2) is 7.26. The lowest BCUT2D eigenvalue weighted by molar-refractivity contribution is -0.137. The summed E-state index contributed by atoms with van der Waals surface area (Å²) in [7, 11) is 0. The second-order valence-electron chi connectivity index (χ2n) is 5.14. The van der Waals surface area contributed by atoms with Crippen molar-refractivity contribution >= 4 is 31.9 Å². The van der Waals surface area contributed by atoms with Crippen molar-refractivity contribution in [3.63, 3.8) is 0 Å². The summed E-state index contributed by atoms with van der Waals surface area (Å²) in [5.74, 6) is 2.50. The fourth-order valence-electron chi connectivity index (χ4n) is 2.75. The topological polar surface area (TPSA) is 18.5 Å². The molecule has 2 aliphatic rings. The van der Waals surface area contributed by atoms with Crippen LogP contribution in [0.25, 0.3) is 0 Å². The quantitative estimate of drug-likeness (QED) is 0.506. The normalized spacial score (nSPS) is 36.5. The zero-order valence-electron chi connectivity index (χ0n) is 11.1. The lowest BCUT2D eigenvalue weighted by Crippen LogP contribution is -2.37. The molecule has 0 N–H and O–H groups in total. The van der Waals surface area contributed by atoms with Crippen LogP contribution in [-0.2, 0) is 9.47 Å². The number of fused-ring (bicyclic) bond motifs is 2. The molecule has 2 saturated heterocycles. The Hall–Kier alpha value is 0.180. The molecule has 0 amide bonds. The van der Waals surface area contributed by atoms with Crippen LogP contribution in [0.15, 0.2) is 12.2 Å². The Balaban J connectivity index is 1.79. The predicted molar refractivity (Wildman–Crippen MR) is 84.9 cm³/mol. The van der Waals surface area contributed by atoms with E-state index in [0.29, 0.717) is 9.65 Å². The third kappa shape index (κ3) is 3.85. The number of allylic oxidation sites excluding steroid dienone is 1. The summed E-state index contributed by atoms with van der Waals surface area (Å²) >= 11 is 7.42. The molecule has 2 rings (SSSR count). The van der Waals surface area contributed by atoms with E-state index in [2.05, 4.69) is 44.7 Å². The van der Waals surface area contributed by atoms with Crippen molar-refractivity contribution in [1.82, 2.24) is 0 Å². The van der Waals surface area contributed by atoms with Gasteiger partial charge in [0.25, 0.3) is 0 Å². The summed E-state index contributed by atoms with van der Waals surface area (Å²) < 4.78 is 12.2. The fourth-order valence-corrected chi connectivity index (χ4v) is 3.71. The van der Waals surface area contributed by atoms with Crippen LogP contribution in [0.2, 0.25) is 0 Å². The van der Waals surface area contributed by atoms with E-state index in [4.69, 9.17) is 15.9 Å². The lowest BCUT2D eigenvalue weighted by atomic mass is 10.1. The molecule has 0 aliphatic carbocycles. The minimum Gasteiger partial charge on any atom is -0.369 e. The number of hydrogen-bond donors (Lipinski definition) is 0. The van der Waals surface area contributed by atoms with Gasteiger partial charge in [-0.2, -0.15) is 0 Å². The van der Waals surface area contributed by atoms with Gasteiger partial charge < -0.3 is 9.47 Å². The second-order valence-corrected chi connectivity index (χ2v) is 7.49. The van der Waals surface area contributed by atoms with Gasteiger partial charge in [0, 0.05) is 16.1 Å². The van der Waals surface area contributed by atoms with Crippen molar-refractivity contribution in [3.8, 4) is 12.3 Å². The Bertz CT molecular complexity index is 364. The number of halogens is 2. The Morgan fingerprint density at radius 1 is 1.26 bits per heavy atom. The van der Waals surface area contributed by atoms with Crippen LogP contribution in [0, 0.1) is 12.3 Å². The van der Waals surface area contributed by atoms with E-state index in [1.807, 2.05) is 6.08 Å². The SMILES string of the molecule is C#C/C=C/C[C@@H]1O[C@@H]2C[C@H]1O[C@H]2CC(Br)C(Br)CC. The number of rotatable bonds is 6. The Kier molecular flexibility index (Phi) is 5.95. The van der Waals surface area contributed by atoms with Gasteiger partial charge in [0.2, 0.25) is 0 Å². The fraction of sp³-hybridized carbons (Fsp3) is 0.733. The zero-order chi connectivity index (χ0) is 13.8. The Morgan fingerprint density at radius 2 is 1.95 bits per heavy atom. The summed E-state index contributed by atoms with van der Waals surface area (Å²) in [4.78, 5) is 0.926. The van der Waals surface area contributed by atoms with Crippen LogP contribution in [0.5, 0.6) is 0 Å². The van der Waals surface area contributed by atoms with Crippen molar-refractivity contribution in [2.24, 2.45) is 0 Å². The molecule has 4 heteroatoms. The van der Waals surface area contributed by atoms with E-state index in [1.54, 1.807) is 6.08 Å². The smallest absolute Gasteiger partial charge is 0.0877 e. The molecular formula is C15H20Br2O2. The van der Waals surface area contributed by atoms with Gasteiger partial charge in [-0.3, -0.25) is 0 Å². The lowest BCUT2D eigenvalue weighted by Gasteiger charge is -2.30. The number of terminal acetylenes is 1. The maximum atomic E-state index is 6.11. The van der Waals surface area contributed by atoms with E-state index < -0.39 is 0 Å². The highest BCUT2D eigenvalue weighted by atomic mass is 79.9. The van der Waals surface area contributed by atoms with Gasteiger partial charge in [-0.25, -0.2) is 0 Å². The van der Waals surface area contributed by atoms with E-state index in [-0.39, 0.29) is 24.4 Å². The first kappa shape index (κ1) is 15.6. The summed E-state index contributed by atoms with van der Waals surface area (Å²) in [6, 6.07) is 0. The molecule has 0 spiro atoms. The molecule has 2 heterocycles. The van der Waals surface area contributed by atoms with Gasteiger partial charge in [-0.1, -0.05) is 50.8 Å². The maximum absolute atomic E-state index is 6.11. The third-order valence-electron chi connectivity index (χ3n) is 3.82. The Labute approximate surface area is 132 Å². The standard InChI is InChI=1S/C15H20Br2O2/c1-3-5-6-7-12-14-9-15(18-12)13(19-14)8-11(17)10(16)4-2/h1,5-6,10-15H,4,7-9H2,2H3/b6-5+/t10?,11?,12-,13-,14+,15+/m0/s1. The first-order valence-corrected chi connectivity index (χ1v) is 8.69. The molecule has 106 valence electrons. The average molecular weight is 392 g/mol. The molecule has 0 radical (unpaired) electrons. The van der Waals surface area contributed by atoms with Gasteiger partial charge in [0.15, 0.2) is 0 Å². The van der Waals surface area contributed by atoms with Crippen LogP contribution in [-0.4, -0.2) is 34.1 Å². The number of ether oxygens (including phenoxy) is 2. The van der Waals surface area contributed by atoms with Crippen molar-refractivity contribution in [1.29, 1.82) is 0 Å². The third-order valence-corrected chi connectivity index (χ3v) is 6.82. The molecule has 0 aromatic carbocycles. The first-order valence-electron chi connectivity index (χ1n) is 6.85. The summed E-state index contributed by atoms with van der Waals surface area (Å²) in [5, 5.41) is 0. The minimum absolute atomic E-state index is 0.186. The van der Waals surface area contributed by atoms with Crippen molar-refractivity contribution < 1.29 is 9.47 Å². The highest BCUT2D eigenvalue weighted by molar-refractivity contribution is 9.12. The number of alkyl halides is 2. The van der Waals surface area contributed by atoms with Gasteiger partial charge >= 0.3 is 0 Å². The van der Waals surface area contributed by atoms with Crippen molar-refractivity contribution in [2.45, 2.75) is 66.7 Å². The van der Waals surface area contributed by atoms with Crippen LogP contribution in [0.3, 0.4) is 0 Å². The van der Waals surface area contributed by atoms with Crippen LogP contribution in [0.1, 0.15) is 32.6 Å².